The molecule has 3 aromatic rings. The van der Waals surface area contributed by atoms with E-state index in [1.807, 2.05) is 49.6 Å². The number of hydrogen-bond donors (Lipinski definition) is 0. The maximum Gasteiger partial charge on any atom is 0.167 e. The number of aldehydes is 1. The Morgan fingerprint density at radius 1 is 1.05 bits per heavy atom. The van der Waals surface area contributed by atoms with Crippen LogP contribution in [0.1, 0.15) is 31.3 Å². The fourth-order valence-electron chi connectivity index (χ4n) is 2.71. The summed E-state index contributed by atoms with van der Waals surface area (Å²) in [6.07, 6.45) is 0.877. The zero-order valence-electron chi connectivity index (χ0n) is 13.1. The van der Waals surface area contributed by atoms with Gasteiger partial charge in [-0.15, -0.1) is 0 Å². The number of para-hydroxylation sites is 1. The lowest BCUT2D eigenvalue weighted by Gasteiger charge is -2.04. The number of halogens is 1. The van der Waals surface area contributed by atoms with Crippen molar-refractivity contribution < 1.29 is 9.18 Å². The van der Waals surface area contributed by atoms with Crippen LogP contribution in [-0.4, -0.2) is 10.9 Å². The summed E-state index contributed by atoms with van der Waals surface area (Å²) in [7, 11) is 0. The minimum absolute atomic E-state index is 0.277. The largest absolute Gasteiger partial charge is 0.338 e. The summed E-state index contributed by atoms with van der Waals surface area (Å²) in [5.41, 5.74) is 3.39. The van der Waals surface area contributed by atoms with E-state index in [1.165, 1.54) is 12.1 Å². The third-order valence-corrected chi connectivity index (χ3v) is 3.57. The van der Waals surface area contributed by atoms with Crippen LogP contribution in [0.25, 0.3) is 22.0 Å². The molecule has 2 aromatic carbocycles. The molecule has 2 nitrogen and oxygen atoms in total. The highest BCUT2D eigenvalue weighted by Crippen LogP contribution is 2.34. The van der Waals surface area contributed by atoms with Gasteiger partial charge in [-0.25, -0.2) is 4.39 Å². The molecule has 0 N–H and O–H groups in total. The van der Waals surface area contributed by atoms with E-state index in [0.717, 1.165) is 34.9 Å². The molecular formula is C19H20FNO. The van der Waals surface area contributed by atoms with Gasteiger partial charge in [-0.2, -0.15) is 0 Å². The topological polar surface area (TPSA) is 22.0 Å². The van der Waals surface area contributed by atoms with Crippen molar-refractivity contribution in [1.82, 2.24) is 4.57 Å². The first-order chi connectivity index (χ1) is 10.8. The van der Waals surface area contributed by atoms with Gasteiger partial charge in [0.15, 0.2) is 6.29 Å². The van der Waals surface area contributed by atoms with Gasteiger partial charge in [0.25, 0.3) is 0 Å². The number of hydrogen-bond acceptors (Lipinski definition) is 1. The third kappa shape index (κ3) is 2.67. The van der Waals surface area contributed by atoms with E-state index < -0.39 is 0 Å². The summed E-state index contributed by atoms with van der Waals surface area (Å²) >= 11 is 0. The van der Waals surface area contributed by atoms with Crippen LogP contribution in [0.2, 0.25) is 0 Å². The van der Waals surface area contributed by atoms with Crippen molar-refractivity contribution in [3.05, 3.63) is 60.0 Å². The lowest BCUT2D eigenvalue weighted by atomic mass is 10.0. The Hall–Kier alpha value is -2.42. The van der Waals surface area contributed by atoms with Gasteiger partial charge in [0.2, 0.25) is 0 Å². The van der Waals surface area contributed by atoms with E-state index >= 15 is 0 Å². The minimum atomic E-state index is -0.277. The molecule has 114 valence electrons. The van der Waals surface area contributed by atoms with Gasteiger partial charge in [0.1, 0.15) is 5.82 Å². The van der Waals surface area contributed by atoms with Gasteiger partial charge >= 0.3 is 0 Å². The van der Waals surface area contributed by atoms with Crippen LogP contribution in [0.15, 0.2) is 48.5 Å². The molecule has 0 saturated carbocycles. The first kappa shape index (κ1) is 16.0. The van der Waals surface area contributed by atoms with Crippen molar-refractivity contribution in [3.8, 4) is 11.1 Å². The Labute approximate surface area is 130 Å². The summed E-state index contributed by atoms with van der Waals surface area (Å²) in [4.78, 5) is 11.5. The van der Waals surface area contributed by atoms with Crippen molar-refractivity contribution in [3.63, 3.8) is 0 Å². The van der Waals surface area contributed by atoms with Gasteiger partial charge in [-0.1, -0.05) is 44.2 Å². The van der Waals surface area contributed by atoms with Gasteiger partial charge in [-0.3, -0.25) is 4.79 Å². The van der Waals surface area contributed by atoms with Crippen molar-refractivity contribution in [2.75, 3.05) is 0 Å². The van der Waals surface area contributed by atoms with Crippen molar-refractivity contribution in [2.24, 2.45) is 0 Å². The first-order valence-electron chi connectivity index (χ1n) is 7.58. The van der Waals surface area contributed by atoms with E-state index in [9.17, 15) is 9.18 Å². The quantitative estimate of drug-likeness (QED) is 0.601. The SMILES string of the molecule is CC.CCn1c(C=O)c(-c2ccc(F)cc2)c2ccccc21. The molecule has 0 aliphatic carbocycles. The van der Waals surface area contributed by atoms with Crippen LogP contribution in [0.4, 0.5) is 4.39 Å². The fourth-order valence-corrected chi connectivity index (χ4v) is 2.71. The lowest BCUT2D eigenvalue weighted by molar-refractivity contribution is 0.111. The predicted octanol–water partition coefficient (Wildman–Crippen LogP) is 5.31. The zero-order valence-corrected chi connectivity index (χ0v) is 13.1. The summed E-state index contributed by atoms with van der Waals surface area (Å²) in [6.45, 7) is 6.73. The molecule has 1 aromatic heterocycles. The predicted molar refractivity (Wildman–Crippen MR) is 89.7 cm³/mol. The zero-order chi connectivity index (χ0) is 16.1. The van der Waals surface area contributed by atoms with Crippen LogP contribution >= 0.6 is 0 Å². The molecule has 0 radical (unpaired) electrons. The van der Waals surface area contributed by atoms with Crippen molar-refractivity contribution >= 4 is 17.2 Å². The van der Waals surface area contributed by atoms with Crippen LogP contribution < -0.4 is 0 Å². The highest BCUT2D eigenvalue weighted by atomic mass is 19.1. The van der Waals surface area contributed by atoms with E-state index in [-0.39, 0.29) is 5.82 Å². The number of fused-ring (bicyclic) bond motifs is 1. The highest BCUT2D eigenvalue weighted by Gasteiger charge is 2.16. The molecule has 0 fully saturated rings. The smallest absolute Gasteiger partial charge is 0.167 e. The second kappa shape index (κ2) is 7.03. The molecule has 1 heterocycles. The molecule has 0 bridgehead atoms. The van der Waals surface area contributed by atoms with Gasteiger partial charge in [-0.05, 0) is 30.7 Å². The van der Waals surface area contributed by atoms with E-state index in [1.54, 1.807) is 12.1 Å². The molecule has 0 amide bonds. The van der Waals surface area contributed by atoms with E-state index in [0.29, 0.717) is 5.69 Å². The normalized spacial score (nSPS) is 10.2. The number of aryl methyl sites for hydroxylation is 1. The molecule has 0 spiro atoms. The number of benzene rings is 2. The summed E-state index contributed by atoms with van der Waals surface area (Å²) in [5.74, 6) is -0.277. The number of aromatic nitrogens is 1. The number of carbonyl (C=O) groups is 1. The van der Waals surface area contributed by atoms with Gasteiger partial charge in [0, 0.05) is 23.0 Å². The first-order valence-corrected chi connectivity index (χ1v) is 7.58. The van der Waals surface area contributed by atoms with Crippen molar-refractivity contribution in [1.29, 1.82) is 0 Å². The Balaban J connectivity index is 0.000000847. The molecule has 0 saturated heterocycles. The van der Waals surface area contributed by atoms with Crippen LogP contribution in [-0.2, 0) is 6.54 Å². The highest BCUT2D eigenvalue weighted by molar-refractivity contribution is 6.04. The summed E-state index contributed by atoms with van der Waals surface area (Å²) in [5, 5.41) is 1.02. The number of rotatable bonds is 3. The average Bonchev–Trinajstić information content (AvgIpc) is 2.91. The summed E-state index contributed by atoms with van der Waals surface area (Å²) in [6, 6.07) is 14.2. The Bertz CT molecular complexity index is 772. The standard InChI is InChI=1S/C17H14FNO.C2H6/c1-2-19-15-6-4-3-5-14(15)17(16(19)11-20)12-7-9-13(18)10-8-12;1-2/h3-11H,2H2,1H3;1-2H3. The molecule has 3 heteroatoms. The Kier molecular flexibility index (Phi) is 5.10. The second-order valence-corrected chi connectivity index (χ2v) is 4.65. The van der Waals surface area contributed by atoms with Gasteiger partial charge < -0.3 is 4.57 Å². The van der Waals surface area contributed by atoms with Crippen LogP contribution in [0.5, 0.6) is 0 Å². The molecule has 0 aliphatic rings. The van der Waals surface area contributed by atoms with E-state index in [2.05, 4.69) is 0 Å². The van der Waals surface area contributed by atoms with Gasteiger partial charge in [0.05, 0.1) is 5.69 Å². The number of carbonyl (C=O) groups excluding carboxylic acids is 1. The van der Waals surface area contributed by atoms with Crippen LogP contribution in [0.3, 0.4) is 0 Å². The fraction of sp³-hybridized carbons (Fsp3) is 0.211. The minimum Gasteiger partial charge on any atom is -0.338 e. The lowest BCUT2D eigenvalue weighted by Crippen LogP contribution is -1.99. The molecule has 0 unspecified atom stereocenters. The second-order valence-electron chi connectivity index (χ2n) is 4.65. The molecule has 3 rings (SSSR count). The molecular weight excluding hydrogens is 277 g/mol. The van der Waals surface area contributed by atoms with E-state index in [4.69, 9.17) is 0 Å². The molecule has 0 aliphatic heterocycles. The monoisotopic (exact) mass is 297 g/mol. The average molecular weight is 297 g/mol. The maximum atomic E-state index is 13.1. The molecule has 0 atom stereocenters. The third-order valence-electron chi connectivity index (χ3n) is 3.57. The molecule has 22 heavy (non-hydrogen) atoms. The number of nitrogens with zero attached hydrogens (tertiary/aromatic N) is 1. The van der Waals surface area contributed by atoms with Crippen molar-refractivity contribution in [2.45, 2.75) is 27.3 Å². The van der Waals surface area contributed by atoms with Crippen LogP contribution in [0, 0.1) is 5.82 Å². The Morgan fingerprint density at radius 2 is 1.68 bits per heavy atom. The maximum absolute atomic E-state index is 13.1. The Morgan fingerprint density at radius 3 is 2.27 bits per heavy atom. The summed E-state index contributed by atoms with van der Waals surface area (Å²) < 4.78 is 15.1.